The number of hydrogen-bond donors (Lipinski definition) is 1. The fourth-order valence-corrected chi connectivity index (χ4v) is 4.60. The van der Waals surface area contributed by atoms with Crippen LogP contribution in [0.15, 0.2) is 12.1 Å². The molecular weight excluding hydrogens is 322 g/mol. The topological polar surface area (TPSA) is 50.6 Å². The zero-order chi connectivity index (χ0) is 18.2. The molecule has 0 amide bonds. The lowest BCUT2D eigenvalue weighted by molar-refractivity contribution is -0.932. The van der Waals surface area contributed by atoms with E-state index in [1.165, 1.54) is 4.90 Å². The van der Waals surface area contributed by atoms with Crippen molar-refractivity contribution in [2.75, 3.05) is 48.1 Å². The van der Waals surface area contributed by atoms with Crippen LogP contribution in [-0.2, 0) is 9.47 Å². The lowest BCUT2D eigenvalue weighted by Crippen LogP contribution is -3.13. The smallest absolute Gasteiger partial charge is 0.203 e. The summed E-state index contributed by atoms with van der Waals surface area (Å²) in [5.41, 5.74) is 0.923. The summed E-state index contributed by atoms with van der Waals surface area (Å²) in [5, 5.41) is 0. The van der Waals surface area contributed by atoms with E-state index < -0.39 is 5.79 Å². The fourth-order valence-electron chi connectivity index (χ4n) is 4.60. The van der Waals surface area contributed by atoms with Crippen molar-refractivity contribution in [2.24, 2.45) is 5.41 Å². The molecule has 0 bridgehead atoms. The molecule has 6 heteroatoms. The van der Waals surface area contributed by atoms with E-state index >= 15 is 0 Å². The molecule has 0 aromatic heterocycles. The number of hydrogen-bond acceptors (Lipinski definition) is 5. The fraction of sp³-hybridized carbons (Fsp3) is 0.684. The van der Waals surface area contributed by atoms with E-state index in [1.807, 2.05) is 12.1 Å². The van der Waals surface area contributed by atoms with Gasteiger partial charge in [-0.2, -0.15) is 0 Å². The van der Waals surface area contributed by atoms with E-state index in [9.17, 15) is 0 Å². The third-order valence-corrected chi connectivity index (χ3v) is 5.82. The first kappa shape index (κ1) is 18.3. The third kappa shape index (κ3) is 2.76. The minimum absolute atomic E-state index is 0.174. The van der Waals surface area contributed by atoms with Crippen molar-refractivity contribution in [2.45, 2.75) is 32.1 Å². The molecule has 1 aromatic rings. The van der Waals surface area contributed by atoms with Crippen molar-refractivity contribution in [3.05, 3.63) is 17.7 Å². The number of piperidine rings is 1. The van der Waals surface area contributed by atoms with Crippen LogP contribution in [0.4, 0.5) is 0 Å². The molecule has 2 atom stereocenters. The van der Waals surface area contributed by atoms with Crippen LogP contribution in [0.3, 0.4) is 0 Å². The van der Waals surface area contributed by atoms with Crippen molar-refractivity contribution in [1.82, 2.24) is 0 Å². The van der Waals surface area contributed by atoms with E-state index in [-0.39, 0.29) is 11.5 Å². The summed E-state index contributed by atoms with van der Waals surface area (Å²) >= 11 is 0. The minimum Gasteiger partial charge on any atom is -0.493 e. The number of quaternary nitrogens is 1. The van der Waals surface area contributed by atoms with Gasteiger partial charge < -0.3 is 28.6 Å². The SMILES string of the molecule is COc1cc([C@@H]2[NH+](C)CCC3(OCCO3)C2(C)C)cc(OC)c1OC. The highest BCUT2D eigenvalue weighted by molar-refractivity contribution is 5.54. The van der Waals surface area contributed by atoms with Crippen molar-refractivity contribution in [3.8, 4) is 17.2 Å². The molecule has 2 fully saturated rings. The molecule has 1 spiro atoms. The summed E-state index contributed by atoms with van der Waals surface area (Å²) in [5.74, 6) is 1.43. The van der Waals surface area contributed by atoms with Gasteiger partial charge in [0.15, 0.2) is 17.3 Å². The first-order chi connectivity index (χ1) is 11.9. The van der Waals surface area contributed by atoms with Crippen LogP contribution in [-0.4, -0.2) is 53.9 Å². The maximum Gasteiger partial charge on any atom is 0.203 e. The third-order valence-electron chi connectivity index (χ3n) is 5.82. The maximum atomic E-state index is 6.13. The summed E-state index contributed by atoms with van der Waals surface area (Å²) < 4.78 is 28.8. The molecule has 1 aromatic carbocycles. The Morgan fingerprint density at radius 2 is 1.56 bits per heavy atom. The second-order valence-corrected chi connectivity index (χ2v) is 7.41. The van der Waals surface area contributed by atoms with E-state index in [1.54, 1.807) is 21.3 Å². The second kappa shape index (κ2) is 6.67. The van der Waals surface area contributed by atoms with Gasteiger partial charge in [-0.1, -0.05) is 0 Å². The molecule has 3 rings (SSSR count). The van der Waals surface area contributed by atoms with Crippen LogP contribution in [0.2, 0.25) is 0 Å². The Morgan fingerprint density at radius 3 is 2.04 bits per heavy atom. The molecule has 2 saturated heterocycles. The average molecular weight is 352 g/mol. The molecular formula is C19H30NO5+. The van der Waals surface area contributed by atoms with Gasteiger partial charge in [0.05, 0.1) is 60.0 Å². The number of methoxy groups -OCH3 is 3. The molecule has 1 N–H and O–H groups in total. The Morgan fingerprint density at radius 1 is 1.00 bits per heavy atom. The van der Waals surface area contributed by atoms with E-state index in [4.69, 9.17) is 23.7 Å². The predicted molar refractivity (Wildman–Crippen MR) is 93.6 cm³/mol. The number of likely N-dealkylation sites (tertiary alicyclic amines) is 1. The highest BCUT2D eigenvalue weighted by Crippen LogP contribution is 2.51. The summed E-state index contributed by atoms with van der Waals surface area (Å²) in [6, 6.07) is 4.27. The minimum atomic E-state index is -0.530. The quantitative estimate of drug-likeness (QED) is 0.889. The molecule has 0 radical (unpaired) electrons. The molecule has 140 valence electrons. The van der Waals surface area contributed by atoms with Gasteiger partial charge >= 0.3 is 0 Å². The summed E-state index contributed by atoms with van der Waals surface area (Å²) in [4.78, 5) is 1.42. The molecule has 0 saturated carbocycles. The lowest BCUT2D eigenvalue weighted by Gasteiger charge is -2.51. The highest BCUT2D eigenvalue weighted by atomic mass is 16.7. The van der Waals surface area contributed by atoms with Crippen molar-refractivity contribution >= 4 is 0 Å². The van der Waals surface area contributed by atoms with E-state index in [0.29, 0.717) is 30.5 Å². The van der Waals surface area contributed by atoms with Crippen molar-refractivity contribution in [3.63, 3.8) is 0 Å². The Labute approximate surface area is 149 Å². The summed E-state index contributed by atoms with van der Waals surface area (Å²) in [6.07, 6.45) is 0.896. The number of nitrogens with one attached hydrogen (secondary N) is 1. The van der Waals surface area contributed by atoms with Crippen LogP contribution in [0.1, 0.15) is 31.9 Å². The summed E-state index contributed by atoms with van der Waals surface area (Å²) in [6.45, 7) is 6.75. The standard InChI is InChI=1S/C19H29NO5/c1-18(2)17(20(3)8-7-19(18)24-9-10-25-19)13-11-14(21-4)16(23-6)15(12-13)22-5/h11-12,17H,7-10H2,1-6H3/p+1/t17-/m0/s1. The second-order valence-electron chi connectivity index (χ2n) is 7.41. The number of rotatable bonds is 4. The molecule has 6 nitrogen and oxygen atoms in total. The van der Waals surface area contributed by atoms with Gasteiger partial charge in [-0.05, 0) is 26.0 Å². The van der Waals surface area contributed by atoms with Gasteiger partial charge in [0, 0.05) is 5.56 Å². The van der Waals surface area contributed by atoms with Gasteiger partial charge in [-0.25, -0.2) is 0 Å². The number of benzene rings is 1. The van der Waals surface area contributed by atoms with Crippen molar-refractivity contribution < 1.29 is 28.6 Å². The molecule has 2 aliphatic rings. The molecule has 25 heavy (non-hydrogen) atoms. The van der Waals surface area contributed by atoms with Crippen molar-refractivity contribution in [1.29, 1.82) is 0 Å². The largest absolute Gasteiger partial charge is 0.493 e. The first-order valence-corrected chi connectivity index (χ1v) is 8.80. The molecule has 2 aliphatic heterocycles. The van der Waals surface area contributed by atoms with Crippen LogP contribution < -0.4 is 19.1 Å². The van der Waals surface area contributed by atoms with E-state index in [0.717, 1.165) is 18.5 Å². The highest BCUT2D eigenvalue weighted by Gasteiger charge is 2.60. The predicted octanol–water partition coefficient (Wildman–Crippen LogP) is 1.44. The molecule has 1 unspecified atom stereocenters. The summed E-state index contributed by atoms with van der Waals surface area (Å²) in [7, 11) is 7.14. The lowest BCUT2D eigenvalue weighted by atomic mass is 9.69. The maximum absolute atomic E-state index is 6.13. The van der Waals surface area contributed by atoms with Gasteiger partial charge in [-0.15, -0.1) is 0 Å². The van der Waals surface area contributed by atoms with Gasteiger partial charge in [0.1, 0.15) is 6.04 Å². The van der Waals surface area contributed by atoms with Gasteiger partial charge in [0.25, 0.3) is 0 Å². The van der Waals surface area contributed by atoms with E-state index in [2.05, 4.69) is 20.9 Å². The van der Waals surface area contributed by atoms with Crippen LogP contribution in [0.5, 0.6) is 17.2 Å². The first-order valence-electron chi connectivity index (χ1n) is 8.80. The zero-order valence-corrected chi connectivity index (χ0v) is 16.1. The Kier molecular flexibility index (Phi) is 4.88. The van der Waals surface area contributed by atoms with Crippen LogP contribution in [0, 0.1) is 5.41 Å². The molecule has 0 aliphatic carbocycles. The molecule has 2 heterocycles. The average Bonchev–Trinajstić information content (AvgIpc) is 3.08. The van der Waals surface area contributed by atoms with Crippen LogP contribution >= 0.6 is 0 Å². The van der Waals surface area contributed by atoms with Gasteiger partial charge in [0.2, 0.25) is 5.75 Å². The van der Waals surface area contributed by atoms with Gasteiger partial charge in [-0.3, -0.25) is 0 Å². The monoisotopic (exact) mass is 352 g/mol. The zero-order valence-electron chi connectivity index (χ0n) is 16.1. The van der Waals surface area contributed by atoms with Crippen LogP contribution in [0.25, 0.3) is 0 Å². The Hall–Kier alpha value is -1.50. The normalized spacial score (nSPS) is 27.3. The Balaban J connectivity index is 2.09. The number of ether oxygens (including phenoxy) is 5. The Bertz CT molecular complexity index is 599.